The molecule has 0 fully saturated rings. The maximum atomic E-state index is 5.40. The Balaban J connectivity index is 2.62. The van der Waals surface area contributed by atoms with Crippen LogP contribution in [0.5, 0.6) is 5.75 Å². The first kappa shape index (κ1) is 12.9. The molecule has 0 spiro atoms. The van der Waals surface area contributed by atoms with Crippen molar-refractivity contribution >= 4 is 14.1 Å². The van der Waals surface area contributed by atoms with Crippen molar-refractivity contribution < 1.29 is 9.56 Å². The van der Waals surface area contributed by atoms with E-state index in [-0.39, 0.29) is 10.8 Å². The van der Waals surface area contributed by atoms with Gasteiger partial charge in [0.2, 0.25) is 0 Å². The molecule has 1 aliphatic rings. The van der Waals surface area contributed by atoms with Crippen LogP contribution in [0.25, 0.3) is 0 Å². The van der Waals surface area contributed by atoms with Gasteiger partial charge in [-0.15, -0.1) is 0 Å². The van der Waals surface area contributed by atoms with Crippen LogP contribution in [-0.2, 0) is 15.5 Å². The summed E-state index contributed by atoms with van der Waals surface area (Å²) in [5.41, 5.74) is 2.77. The average molecular weight is 252 g/mol. The molecule has 0 saturated heterocycles. The van der Waals surface area contributed by atoms with Crippen LogP contribution in [0.3, 0.4) is 0 Å². The zero-order valence-electron chi connectivity index (χ0n) is 11.5. The van der Waals surface area contributed by atoms with Gasteiger partial charge < -0.3 is 4.89 Å². The highest BCUT2D eigenvalue weighted by molar-refractivity contribution is 7.42. The van der Waals surface area contributed by atoms with E-state index in [4.69, 9.17) is 9.56 Å². The summed E-state index contributed by atoms with van der Waals surface area (Å²) in [6.07, 6.45) is 0. The normalized spacial score (nSPS) is 17.1. The van der Waals surface area contributed by atoms with Gasteiger partial charge in [0.1, 0.15) is 8.81 Å². The summed E-state index contributed by atoms with van der Waals surface area (Å²) in [7, 11) is 0.305. The summed E-state index contributed by atoms with van der Waals surface area (Å²) >= 11 is 0. The van der Waals surface area contributed by atoms with Gasteiger partial charge in [0.05, 0.1) is 5.30 Å². The van der Waals surface area contributed by atoms with Gasteiger partial charge in [-0.1, -0.05) is 53.7 Å². The van der Waals surface area contributed by atoms with Crippen LogP contribution >= 0.6 is 8.81 Å². The third kappa shape index (κ3) is 2.34. The fraction of sp³-hybridized carbons (Fsp3) is 0.571. The van der Waals surface area contributed by atoms with E-state index in [1.54, 1.807) is 0 Å². The summed E-state index contributed by atoms with van der Waals surface area (Å²) in [5, 5.41) is 1.24. The number of benzene rings is 1. The van der Waals surface area contributed by atoms with E-state index >= 15 is 0 Å². The standard InChI is InChI=1S/C14H21O2P/c1-13(2,3)9-7-8-10(14(4,5)6)12-11(9)15-16-17-12/h7-8,17H,1-6H3. The summed E-state index contributed by atoms with van der Waals surface area (Å²) in [4.78, 5) is 5.40. The molecule has 0 amide bonds. The molecular weight excluding hydrogens is 231 g/mol. The van der Waals surface area contributed by atoms with Crippen LogP contribution in [0.1, 0.15) is 52.7 Å². The molecule has 94 valence electrons. The Morgan fingerprint density at radius 3 is 1.94 bits per heavy atom. The fourth-order valence-corrected chi connectivity index (χ4v) is 3.14. The van der Waals surface area contributed by atoms with Crippen molar-refractivity contribution in [2.24, 2.45) is 0 Å². The predicted molar refractivity (Wildman–Crippen MR) is 73.5 cm³/mol. The highest BCUT2D eigenvalue weighted by Gasteiger charge is 2.31. The maximum Gasteiger partial charge on any atom is 0.179 e. The van der Waals surface area contributed by atoms with Crippen molar-refractivity contribution in [3.63, 3.8) is 0 Å². The van der Waals surface area contributed by atoms with E-state index in [1.165, 1.54) is 16.4 Å². The zero-order valence-corrected chi connectivity index (χ0v) is 12.5. The van der Waals surface area contributed by atoms with E-state index in [0.29, 0.717) is 8.81 Å². The summed E-state index contributed by atoms with van der Waals surface area (Å²) in [6, 6.07) is 4.41. The lowest BCUT2D eigenvalue weighted by atomic mass is 9.81. The van der Waals surface area contributed by atoms with E-state index in [1.807, 2.05) is 0 Å². The Bertz CT molecular complexity index is 398. The molecule has 2 nitrogen and oxygen atoms in total. The molecule has 1 aromatic carbocycles. The molecule has 1 unspecified atom stereocenters. The Hall–Kier alpha value is -0.590. The van der Waals surface area contributed by atoms with Crippen LogP contribution in [0.15, 0.2) is 12.1 Å². The molecule has 0 saturated carbocycles. The summed E-state index contributed by atoms with van der Waals surface area (Å²) in [6.45, 7) is 13.3. The summed E-state index contributed by atoms with van der Waals surface area (Å²) < 4.78 is 5.21. The SMILES string of the molecule is CC(C)(C)c1ccc(C(C)(C)C)c2c1OOP2. The van der Waals surface area contributed by atoms with E-state index in [2.05, 4.69) is 53.7 Å². The lowest BCUT2D eigenvalue weighted by Crippen LogP contribution is -2.22. The average Bonchev–Trinajstić information content (AvgIpc) is 2.60. The number of hydrogen-bond acceptors (Lipinski definition) is 2. The smallest absolute Gasteiger partial charge is 0.179 e. The maximum absolute atomic E-state index is 5.40. The third-order valence-corrected chi connectivity index (χ3v) is 3.91. The molecule has 1 aromatic rings. The van der Waals surface area contributed by atoms with Gasteiger partial charge in [-0.3, -0.25) is 0 Å². The van der Waals surface area contributed by atoms with Gasteiger partial charge >= 0.3 is 0 Å². The second-order valence-electron chi connectivity index (χ2n) is 6.63. The Kier molecular flexibility index (Phi) is 3.00. The van der Waals surface area contributed by atoms with Crippen molar-refractivity contribution in [1.82, 2.24) is 0 Å². The first-order valence-electron chi connectivity index (χ1n) is 5.99. The molecule has 1 heterocycles. The van der Waals surface area contributed by atoms with Gasteiger partial charge in [0.25, 0.3) is 0 Å². The van der Waals surface area contributed by atoms with Crippen LogP contribution in [0.2, 0.25) is 0 Å². The van der Waals surface area contributed by atoms with Gasteiger partial charge in [0, 0.05) is 5.56 Å². The molecule has 1 aliphatic heterocycles. The van der Waals surface area contributed by atoms with Crippen molar-refractivity contribution in [2.45, 2.75) is 52.4 Å². The number of rotatable bonds is 0. The van der Waals surface area contributed by atoms with Crippen molar-refractivity contribution in [3.05, 3.63) is 23.3 Å². The number of hydrogen-bond donors (Lipinski definition) is 0. The molecular formula is C14H21O2P. The summed E-state index contributed by atoms with van der Waals surface area (Å²) in [5.74, 6) is 0.947. The molecule has 2 rings (SSSR count). The van der Waals surface area contributed by atoms with Crippen LogP contribution in [0, 0.1) is 0 Å². The minimum absolute atomic E-state index is 0.0820. The topological polar surface area (TPSA) is 18.5 Å². The molecule has 0 bridgehead atoms. The van der Waals surface area contributed by atoms with E-state index in [9.17, 15) is 0 Å². The van der Waals surface area contributed by atoms with E-state index in [0.717, 1.165) is 5.75 Å². The molecule has 17 heavy (non-hydrogen) atoms. The Morgan fingerprint density at radius 2 is 1.41 bits per heavy atom. The monoisotopic (exact) mass is 252 g/mol. The lowest BCUT2D eigenvalue weighted by Gasteiger charge is -2.25. The minimum atomic E-state index is 0.0820. The molecule has 0 N–H and O–H groups in total. The second-order valence-corrected chi connectivity index (χ2v) is 7.50. The molecule has 0 aromatic heterocycles. The Morgan fingerprint density at radius 1 is 0.882 bits per heavy atom. The van der Waals surface area contributed by atoms with Gasteiger partial charge in [-0.2, -0.15) is 4.67 Å². The van der Waals surface area contributed by atoms with Crippen molar-refractivity contribution in [2.75, 3.05) is 0 Å². The molecule has 3 heteroatoms. The van der Waals surface area contributed by atoms with Crippen molar-refractivity contribution in [3.8, 4) is 5.75 Å². The van der Waals surface area contributed by atoms with Crippen LogP contribution in [-0.4, -0.2) is 0 Å². The highest BCUT2D eigenvalue weighted by Crippen LogP contribution is 2.41. The largest absolute Gasteiger partial charge is 0.333 e. The number of fused-ring (bicyclic) bond motifs is 1. The van der Waals surface area contributed by atoms with Crippen molar-refractivity contribution in [1.29, 1.82) is 0 Å². The van der Waals surface area contributed by atoms with Gasteiger partial charge in [0.15, 0.2) is 5.75 Å². The first-order chi connectivity index (χ1) is 7.71. The van der Waals surface area contributed by atoms with E-state index < -0.39 is 0 Å². The zero-order chi connectivity index (χ0) is 12.8. The fourth-order valence-electron chi connectivity index (χ4n) is 2.09. The highest BCUT2D eigenvalue weighted by atomic mass is 31.1. The van der Waals surface area contributed by atoms with Crippen LogP contribution < -0.4 is 10.2 Å². The molecule has 0 radical (unpaired) electrons. The van der Waals surface area contributed by atoms with Crippen LogP contribution in [0.4, 0.5) is 0 Å². The lowest BCUT2D eigenvalue weighted by molar-refractivity contribution is -0.0745. The molecule has 0 aliphatic carbocycles. The quantitative estimate of drug-likeness (QED) is 0.516. The van der Waals surface area contributed by atoms with Gasteiger partial charge in [-0.05, 0) is 16.4 Å². The predicted octanol–water partition coefficient (Wildman–Crippen LogP) is 3.82. The molecule has 1 atom stereocenters. The first-order valence-corrected chi connectivity index (χ1v) is 6.89. The second kappa shape index (κ2) is 3.96. The minimum Gasteiger partial charge on any atom is -0.333 e. The Labute approximate surface area is 106 Å². The van der Waals surface area contributed by atoms with Gasteiger partial charge in [-0.25, -0.2) is 0 Å². The third-order valence-electron chi connectivity index (χ3n) is 3.04.